The molecule has 6 nitrogen and oxygen atoms in total. The number of rotatable bonds is 4. The van der Waals surface area contributed by atoms with Crippen LogP contribution in [0.5, 0.6) is 0 Å². The second-order valence-corrected chi connectivity index (χ2v) is 7.94. The first-order valence-corrected chi connectivity index (χ1v) is 8.60. The third-order valence-corrected chi connectivity index (χ3v) is 6.67. The minimum Gasteiger partial charge on any atom is -0.369 e. The van der Waals surface area contributed by atoms with Crippen LogP contribution in [0.25, 0.3) is 0 Å². The van der Waals surface area contributed by atoms with Crippen LogP contribution in [-0.4, -0.2) is 49.1 Å². The number of sulfonamides is 1. The Balaban J connectivity index is 1.68. The van der Waals surface area contributed by atoms with Gasteiger partial charge in [-0.2, -0.15) is 9.57 Å². The van der Waals surface area contributed by atoms with Gasteiger partial charge in [-0.3, -0.25) is 0 Å². The summed E-state index contributed by atoms with van der Waals surface area (Å²) in [5.41, 5.74) is 1.33. The van der Waals surface area contributed by atoms with E-state index in [4.69, 9.17) is 5.26 Å². The molecule has 1 saturated carbocycles. The quantitative estimate of drug-likeness (QED) is 0.828. The molecular formula is C14H18N4O2S. The second kappa shape index (κ2) is 5.28. The van der Waals surface area contributed by atoms with E-state index in [1.54, 1.807) is 23.6 Å². The van der Waals surface area contributed by atoms with Crippen molar-refractivity contribution in [3.05, 3.63) is 24.0 Å². The third kappa shape index (κ3) is 2.74. The first-order valence-electron chi connectivity index (χ1n) is 7.10. The molecule has 112 valence electrons. The van der Waals surface area contributed by atoms with Crippen LogP contribution in [0.15, 0.2) is 18.3 Å². The topological polar surface area (TPSA) is 77.3 Å². The van der Waals surface area contributed by atoms with Crippen molar-refractivity contribution in [2.75, 3.05) is 25.0 Å². The summed E-state index contributed by atoms with van der Waals surface area (Å²) in [7, 11) is -1.42. The number of pyridine rings is 1. The minimum atomic E-state index is -3.12. The molecule has 1 saturated heterocycles. The fraction of sp³-hybridized carbons (Fsp3) is 0.571. The maximum atomic E-state index is 12.3. The van der Waals surface area contributed by atoms with Crippen molar-refractivity contribution in [3.8, 4) is 6.07 Å². The Morgan fingerprint density at radius 2 is 2.14 bits per heavy atom. The van der Waals surface area contributed by atoms with E-state index in [1.165, 1.54) is 0 Å². The first-order chi connectivity index (χ1) is 10.0. The SMILES string of the molecule is CN(C1CCN(c2ccc(C#N)nc2)C1)S(=O)(=O)C1CC1. The molecule has 0 N–H and O–H groups in total. The molecule has 2 heterocycles. The van der Waals surface area contributed by atoms with Gasteiger partial charge in [-0.05, 0) is 31.4 Å². The summed E-state index contributed by atoms with van der Waals surface area (Å²) in [6.45, 7) is 1.48. The molecule has 2 aliphatic rings. The van der Waals surface area contributed by atoms with E-state index < -0.39 is 10.0 Å². The molecule has 1 atom stereocenters. The Kier molecular flexibility index (Phi) is 3.59. The molecule has 1 aliphatic heterocycles. The molecule has 0 radical (unpaired) electrons. The lowest BCUT2D eigenvalue weighted by molar-refractivity contribution is 0.389. The number of anilines is 1. The Morgan fingerprint density at radius 1 is 1.38 bits per heavy atom. The molecule has 0 amide bonds. The molecule has 3 rings (SSSR count). The van der Waals surface area contributed by atoms with Crippen molar-refractivity contribution >= 4 is 15.7 Å². The highest BCUT2D eigenvalue weighted by Gasteiger charge is 2.42. The highest BCUT2D eigenvalue weighted by atomic mass is 32.2. The van der Waals surface area contributed by atoms with Crippen molar-refractivity contribution in [2.45, 2.75) is 30.6 Å². The van der Waals surface area contributed by atoms with Gasteiger partial charge in [0.2, 0.25) is 10.0 Å². The van der Waals surface area contributed by atoms with Crippen LogP contribution in [0, 0.1) is 11.3 Å². The van der Waals surface area contributed by atoms with Crippen LogP contribution >= 0.6 is 0 Å². The van der Waals surface area contributed by atoms with E-state index in [-0.39, 0.29) is 11.3 Å². The first kappa shape index (κ1) is 14.3. The van der Waals surface area contributed by atoms with Gasteiger partial charge >= 0.3 is 0 Å². The number of likely N-dealkylation sites (N-methyl/N-ethyl adjacent to an activating group) is 1. The monoisotopic (exact) mass is 306 g/mol. The van der Waals surface area contributed by atoms with Crippen LogP contribution in [0.4, 0.5) is 5.69 Å². The predicted octanol–water partition coefficient (Wildman–Crippen LogP) is 0.956. The van der Waals surface area contributed by atoms with Crippen molar-refractivity contribution in [2.24, 2.45) is 0 Å². The fourth-order valence-electron chi connectivity index (χ4n) is 2.72. The van der Waals surface area contributed by atoms with Gasteiger partial charge in [0.25, 0.3) is 0 Å². The van der Waals surface area contributed by atoms with E-state index >= 15 is 0 Å². The number of hydrogen-bond donors (Lipinski definition) is 0. The van der Waals surface area contributed by atoms with Gasteiger partial charge in [0.05, 0.1) is 17.1 Å². The molecule has 1 unspecified atom stereocenters. The summed E-state index contributed by atoms with van der Waals surface area (Å²) in [6, 6.07) is 5.57. The minimum absolute atomic E-state index is 0.0197. The molecule has 1 aliphatic carbocycles. The van der Waals surface area contributed by atoms with E-state index in [1.807, 2.05) is 12.1 Å². The maximum absolute atomic E-state index is 12.3. The number of nitrogens with zero attached hydrogens (tertiary/aromatic N) is 4. The van der Waals surface area contributed by atoms with Crippen molar-refractivity contribution in [1.82, 2.24) is 9.29 Å². The largest absolute Gasteiger partial charge is 0.369 e. The summed E-state index contributed by atoms with van der Waals surface area (Å²) in [6.07, 6.45) is 4.09. The molecule has 0 aromatic carbocycles. The Hall–Kier alpha value is -1.65. The second-order valence-electron chi connectivity index (χ2n) is 5.66. The molecule has 1 aromatic heterocycles. The van der Waals surface area contributed by atoms with Crippen LogP contribution in [0.1, 0.15) is 25.0 Å². The lowest BCUT2D eigenvalue weighted by Crippen LogP contribution is -2.40. The van der Waals surface area contributed by atoms with Crippen molar-refractivity contribution in [1.29, 1.82) is 5.26 Å². The molecule has 1 aromatic rings. The van der Waals surface area contributed by atoms with Gasteiger partial charge in [-0.1, -0.05) is 0 Å². The summed E-state index contributed by atoms with van der Waals surface area (Å²) < 4.78 is 26.1. The molecular weight excluding hydrogens is 288 g/mol. The predicted molar refractivity (Wildman–Crippen MR) is 79.3 cm³/mol. The smallest absolute Gasteiger partial charge is 0.217 e. The van der Waals surface area contributed by atoms with Crippen LogP contribution in [-0.2, 0) is 10.0 Å². The molecule has 0 spiro atoms. The average Bonchev–Trinajstić information content (AvgIpc) is 3.25. The Labute approximate surface area is 125 Å². The summed E-state index contributed by atoms with van der Waals surface area (Å²) in [4.78, 5) is 6.19. The van der Waals surface area contributed by atoms with Gasteiger partial charge in [0.15, 0.2) is 0 Å². The normalized spacial score (nSPS) is 22.5. The Morgan fingerprint density at radius 3 is 2.71 bits per heavy atom. The molecule has 0 bridgehead atoms. The zero-order valence-corrected chi connectivity index (χ0v) is 12.8. The third-order valence-electron chi connectivity index (χ3n) is 4.25. The average molecular weight is 306 g/mol. The van der Waals surface area contributed by atoms with E-state index in [2.05, 4.69) is 9.88 Å². The molecule has 2 fully saturated rings. The number of nitriles is 1. The Bertz CT molecular complexity index is 661. The van der Waals surface area contributed by atoms with E-state index in [0.29, 0.717) is 12.2 Å². The van der Waals surface area contributed by atoms with Gasteiger partial charge in [-0.25, -0.2) is 13.4 Å². The maximum Gasteiger partial charge on any atom is 0.217 e. The number of hydrogen-bond acceptors (Lipinski definition) is 5. The standard InChI is InChI=1S/C14H18N4O2S/c1-17(21(19,20)14-4-5-14)13-6-7-18(10-13)12-3-2-11(8-15)16-9-12/h2-3,9,13-14H,4-7,10H2,1H3. The van der Waals surface area contributed by atoms with E-state index in [9.17, 15) is 8.42 Å². The van der Waals surface area contributed by atoms with Crippen LogP contribution < -0.4 is 4.90 Å². The zero-order chi connectivity index (χ0) is 15.0. The molecule has 21 heavy (non-hydrogen) atoms. The lowest BCUT2D eigenvalue weighted by atomic mass is 10.3. The van der Waals surface area contributed by atoms with Crippen molar-refractivity contribution < 1.29 is 8.42 Å². The molecule has 7 heteroatoms. The highest BCUT2D eigenvalue weighted by Crippen LogP contribution is 2.33. The van der Waals surface area contributed by atoms with Crippen LogP contribution in [0.2, 0.25) is 0 Å². The van der Waals surface area contributed by atoms with Gasteiger partial charge < -0.3 is 4.90 Å². The summed E-state index contributed by atoms with van der Waals surface area (Å²) in [5.74, 6) is 0. The highest BCUT2D eigenvalue weighted by molar-refractivity contribution is 7.90. The van der Waals surface area contributed by atoms with Gasteiger partial charge in [0, 0.05) is 26.2 Å². The van der Waals surface area contributed by atoms with Gasteiger partial charge in [0.1, 0.15) is 11.8 Å². The van der Waals surface area contributed by atoms with Gasteiger partial charge in [-0.15, -0.1) is 0 Å². The summed E-state index contributed by atoms with van der Waals surface area (Å²) >= 11 is 0. The van der Waals surface area contributed by atoms with E-state index in [0.717, 1.165) is 31.5 Å². The summed E-state index contributed by atoms with van der Waals surface area (Å²) in [5, 5.41) is 8.60. The lowest BCUT2D eigenvalue weighted by Gasteiger charge is -2.24. The number of aromatic nitrogens is 1. The van der Waals surface area contributed by atoms with Crippen molar-refractivity contribution in [3.63, 3.8) is 0 Å². The fourth-order valence-corrected chi connectivity index (χ4v) is 4.51. The zero-order valence-electron chi connectivity index (χ0n) is 11.9. The van der Waals surface area contributed by atoms with Crippen LogP contribution in [0.3, 0.4) is 0 Å².